The molecular weight excluding hydrogens is 370 g/mol. The summed E-state index contributed by atoms with van der Waals surface area (Å²) in [5.74, 6) is 1.56. The predicted octanol–water partition coefficient (Wildman–Crippen LogP) is 4.35. The van der Waals surface area contributed by atoms with Gasteiger partial charge in [-0.3, -0.25) is 4.79 Å². The summed E-state index contributed by atoms with van der Waals surface area (Å²) in [4.78, 5) is 12.2. The zero-order chi connectivity index (χ0) is 17.5. The summed E-state index contributed by atoms with van der Waals surface area (Å²) in [7, 11) is 1.63. The third kappa shape index (κ3) is 5.27. The Morgan fingerprint density at radius 1 is 1.12 bits per heavy atom. The molecule has 0 radical (unpaired) electrons. The Kier molecular flexibility index (Phi) is 6.67. The normalized spacial score (nSPS) is 11.9. The number of hydrogen-bond acceptors (Lipinski definition) is 3. The van der Waals surface area contributed by atoms with E-state index in [1.165, 1.54) is 0 Å². The van der Waals surface area contributed by atoms with Gasteiger partial charge in [-0.15, -0.1) is 0 Å². The summed E-state index contributed by atoms with van der Waals surface area (Å²) in [6.07, 6.45) is 0. The molecule has 2 aromatic rings. The Morgan fingerprint density at radius 2 is 1.83 bits per heavy atom. The van der Waals surface area contributed by atoms with E-state index in [0.29, 0.717) is 5.75 Å². The first-order chi connectivity index (χ1) is 11.5. The van der Waals surface area contributed by atoms with E-state index in [9.17, 15) is 4.79 Å². The molecule has 0 saturated heterocycles. The van der Waals surface area contributed by atoms with E-state index in [1.807, 2.05) is 48.5 Å². The molecule has 1 atom stereocenters. The van der Waals surface area contributed by atoms with Crippen molar-refractivity contribution >= 4 is 21.8 Å². The molecule has 24 heavy (non-hydrogen) atoms. The molecule has 0 aromatic heterocycles. The van der Waals surface area contributed by atoms with E-state index in [2.05, 4.69) is 35.1 Å². The fourth-order valence-electron chi connectivity index (χ4n) is 2.37. The number of amides is 1. The van der Waals surface area contributed by atoms with Crippen molar-refractivity contribution in [3.05, 3.63) is 58.6 Å². The summed E-state index contributed by atoms with van der Waals surface area (Å²) >= 11 is 3.38. The Balaban J connectivity index is 1.97. The molecule has 128 valence electrons. The van der Waals surface area contributed by atoms with Crippen molar-refractivity contribution in [1.29, 1.82) is 0 Å². The van der Waals surface area contributed by atoms with E-state index < -0.39 is 0 Å². The number of hydrogen-bond donors (Lipinski definition) is 1. The third-order valence-corrected chi connectivity index (χ3v) is 4.12. The highest BCUT2D eigenvalue weighted by Crippen LogP contribution is 2.24. The standard InChI is InChI=1S/C19H22BrNO3/c1-13(2)19(14-7-9-16(23-3)10-8-14)21-18(22)12-24-17-6-4-5-15(20)11-17/h4-11,13,19H,12H2,1-3H3,(H,21,22)/t19-/m1/s1. The van der Waals surface area contributed by atoms with Crippen molar-refractivity contribution < 1.29 is 14.3 Å². The maximum atomic E-state index is 12.2. The molecule has 0 fully saturated rings. The van der Waals surface area contributed by atoms with Gasteiger partial charge in [-0.1, -0.05) is 48.0 Å². The molecule has 5 heteroatoms. The van der Waals surface area contributed by atoms with Crippen LogP contribution < -0.4 is 14.8 Å². The first-order valence-corrected chi connectivity index (χ1v) is 8.60. The number of carbonyl (C=O) groups is 1. The molecule has 1 N–H and O–H groups in total. The van der Waals surface area contributed by atoms with Crippen LogP contribution in [0.25, 0.3) is 0 Å². The van der Waals surface area contributed by atoms with Crippen LogP contribution in [0.2, 0.25) is 0 Å². The summed E-state index contributed by atoms with van der Waals surface area (Å²) < 4.78 is 11.6. The average molecular weight is 392 g/mol. The van der Waals surface area contributed by atoms with Crippen LogP contribution in [0.4, 0.5) is 0 Å². The minimum Gasteiger partial charge on any atom is -0.497 e. The Bertz CT molecular complexity index is 671. The van der Waals surface area contributed by atoms with Crippen molar-refractivity contribution in [1.82, 2.24) is 5.32 Å². The molecular formula is C19H22BrNO3. The van der Waals surface area contributed by atoms with Gasteiger partial charge in [-0.2, -0.15) is 0 Å². The van der Waals surface area contributed by atoms with Gasteiger partial charge < -0.3 is 14.8 Å². The SMILES string of the molecule is COc1ccc([C@H](NC(=O)COc2cccc(Br)c2)C(C)C)cc1. The van der Waals surface area contributed by atoms with Gasteiger partial charge in [0.15, 0.2) is 6.61 Å². The Morgan fingerprint density at radius 3 is 2.42 bits per heavy atom. The van der Waals surface area contributed by atoms with Crippen LogP contribution in [-0.2, 0) is 4.79 Å². The average Bonchev–Trinajstić information content (AvgIpc) is 2.58. The summed E-state index contributed by atoms with van der Waals surface area (Å²) in [6.45, 7) is 4.13. The Hall–Kier alpha value is -2.01. The van der Waals surface area contributed by atoms with Gasteiger partial charge in [-0.25, -0.2) is 0 Å². The number of ether oxygens (including phenoxy) is 2. The maximum absolute atomic E-state index is 12.2. The van der Waals surface area contributed by atoms with Crippen molar-refractivity contribution in [3.8, 4) is 11.5 Å². The summed E-state index contributed by atoms with van der Waals surface area (Å²) in [6, 6.07) is 15.1. The van der Waals surface area contributed by atoms with Crippen LogP contribution in [0.1, 0.15) is 25.5 Å². The minimum absolute atomic E-state index is 0.0180. The van der Waals surface area contributed by atoms with Crippen LogP contribution in [0, 0.1) is 5.92 Å². The highest BCUT2D eigenvalue weighted by molar-refractivity contribution is 9.10. The summed E-state index contributed by atoms with van der Waals surface area (Å²) in [5, 5.41) is 3.04. The molecule has 0 aliphatic heterocycles. The van der Waals surface area contributed by atoms with Gasteiger partial charge in [0.05, 0.1) is 13.2 Å². The number of carbonyl (C=O) groups excluding carboxylic acids is 1. The van der Waals surface area contributed by atoms with Crippen molar-refractivity contribution in [2.45, 2.75) is 19.9 Å². The number of halogens is 1. The molecule has 0 saturated carbocycles. The molecule has 0 spiro atoms. The lowest BCUT2D eigenvalue weighted by Crippen LogP contribution is -2.35. The quantitative estimate of drug-likeness (QED) is 0.762. The monoisotopic (exact) mass is 391 g/mol. The smallest absolute Gasteiger partial charge is 0.258 e. The van der Waals surface area contributed by atoms with Gasteiger partial charge in [-0.05, 0) is 41.8 Å². The molecule has 0 heterocycles. The molecule has 0 aliphatic rings. The van der Waals surface area contributed by atoms with Gasteiger partial charge in [0.25, 0.3) is 5.91 Å². The first kappa shape index (κ1) is 18.3. The largest absolute Gasteiger partial charge is 0.497 e. The van der Waals surface area contributed by atoms with Gasteiger partial charge in [0.1, 0.15) is 11.5 Å². The third-order valence-electron chi connectivity index (χ3n) is 3.62. The van der Waals surface area contributed by atoms with Gasteiger partial charge >= 0.3 is 0 Å². The van der Waals surface area contributed by atoms with Gasteiger partial charge in [0, 0.05) is 4.47 Å². The van der Waals surface area contributed by atoms with Crippen LogP contribution in [0.15, 0.2) is 53.0 Å². The zero-order valence-corrected chi connectivity index (χ0v) is 15.7. The van der Waals surface area contributed by atoms with E-state index in [0.717, 1.165) is 15.8 Å². The molecule has 2 aromatic carbocycles. The fraction of sp³-hybridized carbons (Fsp3) is 0.316. The maximum Gasteiger partial charge on any atom is 0.258 e. The van der Waals surface area contributed by atoms with Crippen LogP contribution in [-0.4, -0.2) is 19.6 Å². The second-order valence-electron chi connectivity index (χ2n) is 5.81. The number of benzene rings is 2. The minimum atomic E-state index is -0.149. The van der Waals surface area contributed by atoms with E-state index >= 15 is 0 Å². The van der Waals surface area contributed by atoms with Crippen molar-refractivity contribution in [3.63, 3.8) is 0 Å². The lowest BCUT2D eigenvalue weighted by molar-refractivity contribution is -0.124. The van der Waals surface area contributed by atoms with Crippen LogP contribution in [0.3, 0.4) is 0 Å². The lowest BCUT2D eigenvalue weighted by atomic mass is 9.96. The molecule has 0 bridgehead atoms. The van der Waals surface area contributed by atoms with E-state index in [4.69, 9.17) is 9.47 Å². The number of rotatable bonds is 7. The van der Waals surface area contributed by atoms with E-state index in [1.54, 1.807) is 7.11 Å². The topological polar surface area (TPSA) is 47.6 Å². The van der Waals surface area contributed by atoms with Crippen molar-refractivity contribution in [2.24, 2.45) is 5.92 Å². The fourth-order valence-corrected chi connectivity index (χ4v) is 2.75. The molecule has 0 aliphatic carbocycles. The molecule has 1 amide bonds. The number of methoxy groups -OCH3 is 1. The van der Waals surface area contributed by atoms with E-state index in [-0.39, 0.29) is 24.5 Å². The van der Waals surface area contributed by atoms with Crippen LogP contribution >= 0.6 is 15.9 Å². The second-order valence-corrected chi connectivity index (χ2v) is 6.72. The second kappa shape index (κ2) is 8.73. The molecule has 0 unspecified atom stereocenters. The highest BCUT2D eigenvalue weighted by Gasteiger charge is 2.18. The van der Waals surface area contributed by atoms with Crippen molar-refractivity contribution in [2.75, 3.05) is 13.7 Å². The highest BCUT2D eigenvalue weighted by atomic mass is 79.9. The zero-order valence-electron chi connectivity index (χ0n) is 14.1. The van der Waals surface area contributed by atoms with Crippen LogP contribution in [0.5, 0.6) is 11.5 Å². The number of nitrogens with one attached hydrogen (secondary N) is 1. The lowest BCUT2D eigenvalue weighted by Gasteiger charge is -2.23. The van der Waals surface area contributed by atoms with Gasteiger partial charge in [0.2, 0.25) is 0 Å². The first-order valence-electron chi connectivity index (χ1n) is 7.81. The molecule has 2 rings (SSSR count). The summed E-state index contributed by atoms with van der Waals surface area (Å²) in [5.41, 5.74) is 1.04. The molecule has 4 nitrogen and oxygen atoms in total. The predicted molar refractivity (Wildman–Crippen MR) is 98.4 cm³/mol. The Labute approximate surface area is 151 Å².